The van der Waals surface area contributed by atoms with Crippen molar-refractivity contribution in [2.45, 2.75) is 17.9 Å². The van der Waals surface area contributed by atoms with Crippen molar-refractivity contribution in [1.82, 2.24) is 0 Å². The SMILES string of the molecule is CCN(c1ccccc1)S(=O)(=O)c1ccc(NCC(O)c2ccccc2F)c([N+](=O)[O-])c1. The fourth-order valence-electron chi connectivity index (χ4n) is 3.25. The molecule has 168 valence electrons. The highest BCUT2D eigenvalue weighted by molar-refractivity contribution is 7.92. The summed E-state index contributed by atoms with van der Waals surface area (Å²) in [6, 6.07) is 17.6. The maximum Gasteiger partial charge on any atom is 0.293 e. The Morgan fingerprint density at radius 1 is 1.09 bits per heavy atom. The van der Waals surface area contributed by atoms with Gasteiger partial charge in [-0.15, -0.1) is 0 Å². The van der Waals surface area contributed by atoms with Crippen molar-refractivity contribution in [2.24, 2.45) is 0 Å². The topological polar surface area (TPSA) is 113 Å². The summed E-state index contributed by atoms with van der Waals surface area (Å²) in [7, 11) is -4.05. The molecule has 0 saturated heterocycles. The molecule has 1 atom stereocenters. The Balaban J connectivity index is 1.89. The Hall–Kier alpha value is -3.50. The van der Waals surface area contributed by atoms with Gasteiger partial charge < -0.3 is 10.4 Å². The summed E-state index contributed by atoms with van der Waals surface area (Å²) in [6.07, 6.45) is -1.26. The molecule has 32 heavy (non-hydrogen) atoms. The van der Waals surface area contributed by atoms with E-state index in [0.29, 0.717) is 5.69 Å². The molecule has 0 aliphatic rings. The lowest BCUT2D eigenvalue weighted by Crippen LogP contribution is -2.30. The zero-order valence-corrected chi connectivity index (χ0v) is 18.0. The molecular weight excluding hydrogens is 437 g/mol. The number of anilines is 2. The first-order chi connectivity index (χ1) is 15.3. The van der Waals surface area contributed by atoms with E-state index in [0.717, 1.165) is 10.4 Å². The fraction of sp³-hybridized carbons (Fsp3) is 0.182. The van der Waals surface area contributed by atoms with E-state index in [1.54, 1.807) is 43.3 Å². The van der Waals surface area contributed by atoms with Gasteiger partial charge in [0, 0.05) is 24.7 Å². The molecule has 0 heterocycles. The van der Waals surface area contributed by atoms with Gasteiger partial charge in [0.05, 0.1) is 21.6 Å². The predicted molar refractivity (Wildman–Crippen MR) is 120 cm³/mol. The summed E-state index contributed by atoms with van der Waals surface area (Å²) in [4.78, 5) is 10.7. The second-order valence-corrected chi connectivity index (χ2v) is 8.72. The number of sulfonamides is 1. The Kier molecular flexibility index (Phi) is 7.06. The molecule has 0 aromatic heterocycles. The van der Waals surface area contributed by atoms with Crippen molar-refractivity contribution in [3.05, 3.63) is 94.3 Å². The lowest BCUT2D eigenvalue weighted by Gasteiger charge is -2.23. The lowest BCUT2D eigenvalue weighted by molar-refractivity contribution is -0.384. The van der Waals surface area contributed by atoms with Crippen LogP contribution < -0.4 is 9.62 Å². The molecule has 3 aromatic carbocycles. The minimum atomic E-state index is -4.05. The lowest BCUT2D eigenvalue weighted by atomic mass is 10.1. The van der Waals surface area contributed by atoms with Crippen molar-refractivity contribution in [1.29, 1.82) is 0 Å². The van der Waals surface area contributed by atoms with Crippen LogP contribution in [0.4, 0.5) is 21.5 Å². The van der Waals surface area contributed by atoms with E-state index in [9.17, 15) is 28.0 Å². The number of halogens is 1. The normalized spacial score (nSPS) is 12.2. The van der Waals surface area contributed by atoms with E-state index in [1.165, 1.54) is 30.3 Å². The summed E-state index contributed by atoms with van der Waals surface area (Å²) >= 11 is 0. The van der Waals surface area contributed by atoms with Crippen molar-refractivity contribution in [2.75, 3.05) is 22.7 Å². The second kappa shape index (κ2) is 9.75. The van der Waals surface area contributed by atoms with Gasteiger partial charge in [-0.3, -0.25) is 14.4 Å². The van der Waals surface area contributed by atoms with E-state index >= 15 is 0 Å². The first-order valence-electron chi connectivity index (χ1n) is 9.78. The molecule has 0 spiro atoms. The van der Waals surface area contributed by atoms with Gasteiger partial charge in [0.15, 0.2) is 0 Å². The maximum atomic E-state index is 13.8. The number of nitro groups is 1. The van der Waals surface area contributed by atoms with Crippen LogP contribution in [0, 0.1) is 15.9 Å². The number of rotatable bonds is 9. The molecule has 0 bridgehead atoms. The van der Waals surface area contributed by atoms with Crippen LogP contribution in [0.15, 0.2) is 77.7 Å². The van der Waals surface area contributed by atoms with Gasteiger partial charge in [-0.1, -0.05) is 36.4 Å². The minimum absolute atomic E-state index is 0.00657. The van der Waals surface area contributed by atoms with Crippen molar-refractivity contribution >= 4 is 27.1 Å². The Bertz CT molecular complexity index is 1210. The maximum absolute atomic E-state index is 13.8. The number of nitro benzene ring substituents is 1. The van der Waals surface area contributed by atoms with Crippen molar-refractivity contribution in [3.8, 4) is 0 Å². The number of hydrogen-bond acceptors (Lipinski definition) is 6. The molecule has 10 heteroatoms. The van der Waals surface area contributed by atoms with Crippen LogP contribution in [0.5, 0.6) is 0 Å². The van der Waals surface area contributed by atoms with E-state index < -0.39 is 32.6 Å². The van der Waals surface area contributed by atoms with Gasteiger partial charge in [-0.05, 0) is 37.3 Å². The third kappa shape index (κ3) is 4.87. The molecule has 1 unspecified atom stereocenters. The number of aliphatic hydroxyl groups excluding tert-OH is 1. The number of hydrogen-bond donors (Lipinski definition) is 2. The van der Waals surface area contributed by atoms with Gasteiger partial charge in [0.1, 0.15) is 11.5 Å². The molecule has 0 aliphatic heterocycles. The number of nitrogens with zero attached hydrogens (tertiary/aromatic N) is 2. The number of para-hydroxylation sites is 1. The zero-order chi connectivity index (χ0) is 23.3. The van der Waals surface area contributed by atoms with Crippen LogP contribution in [0.1, 0.15) is 18.6 Å². The molecule has 3 aromatic rings. The Labute approximate surface area is 185 Å². The molecule has 0 fully saturated rings. The summed E-state index contributed by atoms with van der Waals surface area (Å²) in [5.74, 6) is -0.599. The molecule has 8 nitrogen and oxygen atoms in total. The van der Waals surface area contributed by atoms with Gasteiger partial charge in [0.2, 0.25) is 0 Å². The summed E-state index contributed by atoms with van der Waals surface area (Å²) in [5.41, 5.74) is 0.0131. The highest BCUT2D eigenvalue weighted by Crippen LogP contribution is 2.31. The van der Waals surface area contributed by atoms with Gasteiger partial charge >= 0.3 is 0 Å². The third-order valence-corrected chi connectivity index (χ3v) is 6.73. The van der Waals surface area contributed by atoms with Crippen LogP contribution in [0.2, 0.25) is 0 Å². The van der Waals surface area contributed by atoms with Gasteiger partial charge in [-0.25, -0.2) is 12.8 Å². The highest BCUT2D eigenvalue weighted by Gasteiger charge is 2.27. The standard InChI is InChI=1S/C22H22FN3O5S/c1-2-25(16-8-4-3-5-9-16)32(30,31)17-12-13-20(21(14-17)26(28)29)24-15-22(27)18-10-6-7-11-19(18)23/h3-14,22,24,27H,2,15H2,1H3. The Morgan fingerprint density at radius 2 is 1.75 bits per heavy atom. The largest absolute Gasteiger partial charge is 0.386 e. The first-order valence-corrected chi connectivity index (χ1v) is 11.2. The molecule has 0 saturated carbocycles. The monoisotopic (exact) mass is 459 g/mol. The van der Waals surface area contributed by atoms with Crippen LogP contribution in [-0.2, 0) is 10.0 Å². The Morgan fingerprint density at radius 3 is 2.38 bits per heavy atom. The predicted octanol–water partition coefficient (Wildman–Crippen LogP) is 4.09. The van der Waals surface area contributed by atoms with Gasteiger partial charge in [-0.2, -0.15) is 0 Å². The summed E-state index contributed by atoms with van der Waals surface area (Å²) < 4.78 is 41.3. The van der Waals surface area contributed by atoms with E-state index in [-0.39, 0.29) is 29.2 Å². The average molecular weight is 459 g/mol. The molecule has 0 aliphatic carbocycles. The van der Waals surface area contributed by atoms with Crippen LogP contribution >= 0.6 is 0 Å². The summed E-state index contributed by atoms with van der Waals surface area (Å²) in [5, 5.41) is 24.6. The van der Waals surface area contributed by atoms with E-state index in [4.69, 9.17) is 0 Å². The minimum Gasteiger partial charge on any atom is -0.386 e. The summed E-state index contributed by atoms with van der Waals surface area (Å²) in [6.45, 7) is 1.59. The van der Waals surface area contributed by atoms with E-state index in [2.05, 4.69) is 5.32 Å². The number of nitrogens with one attached hydrogen (secondary N) is 1. The molecule has 3 rings (SSSR count). The van der Waals surface area contributed by atoms with Crippen molar-refractivity contribution < 1.29 is 22.8 Å². The second-order valence-electron chi connectivity index (χ2n) is 6.86. The van der Waals surface area contributed by atoms with E-state index in [1.807, 2.05) is 0 Å². The third-order valence-electron chi connectivity index (χ3n) is 4.84. The average Bonchev–Trinajstić information content (AvgIpc) is 2.78. The highest BCUT2D eigenvalue weighted by atomic mass is 32.2. The zero-order valence-electron chi connectivity index (χ0n) is 17.2. The smallest absolute Gasteiger partial charge is 0.293 e. The fourth-order valence-corrected chi connectivity index (χ4v) is 4.74. The first kappa shape index (κ1) is 23.2. The van der Waals surface area contributed by atoms with Crippen LogP contribution in [0.3, 0.4) is 0 Å². The van der Waals surface area contributed by atoms with Crippen LogP contribution in [-0.4, -0.2) is 31.5 Å². The van der Waals surface area contributed by atoms with Crippen LogP contribution in [0.25, 0.3) is 0 Å². The number of benzene rings is 3. The molecule has 0 radical (unpaired) electrons. The van der Waals surface area contributed by atoms with Gasteiger partial charge in [0.25, 0.3) is 15.7 Å². The molecular formula is C22H22FN3O5S. The quantitative estimate of drug-likeness (QED) is 0.368. The molecule has 2 N–H and O–H groups in total. The molecule has 0 amide bonds. The van der Waals surface area contributed by atoms with Crippen molar-refractivity contribution in [3.63, 3.8) is 0 Å². The number of aliphatic hydroxyl groups is 1.